The number of hydrogen-bond donors (Lipinski definition) is 0. The topological polar surface area (TPSA) is 79.4 Å². The highest BCUT2D eigenvalue weighted by molar-refractivity contribution is 9.10. The SMILES string of the molecule is CC(C)(C)OC(=O)N(C(=O)OC(C)(C)C)C(C)(C)C(=O)N1CCC(c2ccccc2[C@H]2CCCN2c2ccc(Br)cc2)CC1. The van der Waals surface area contributed by atoms with Crippen LogP contribution >= 0.6 is 15.9 Å². The van der Waals surface area contributed by atoms with Crippen LogP contribution in [-0.2, 0) is 14.3 Å². The lowest BCUT2D eigenvalue weighted by Crippen LogP contribution is -2.62. The molecule has 3 amide bonds. The van der Waals surface area contributed by atoms with E-state index >= 15 is 0 Å². The van der Waals surface area contributed by atoms with Gasteiger partial charge < -0.3 is 19.3 Å². The van der Waals surface area contributed by atoms with Crippen molar-refractivity contribution < 1.29 is 23.9 Å². The predicted molar refractivity (Wildman–Crippen MR) is 177 cm³/mol. The molecule has 9 heteroatoms. The number of benzene rings is 2. The van der Waals surface area contributed by atoms with Crippen molar-refractivity contribution in [2.24, 2.45) is 0 Å². The van der Waals surface area contributed by atoms with Gasteiger partial charge in [-0.25, -0.2) is 9.59 Å². The number of hydrogen-bond acceptors (Lipinski definition) is 6. The molecular formula is C35H48BrN3O5. The van der Waals surface area contributed by atoms with Crippen LogP contribution in [-0.4, -0.2) is 64.3 Å². The molecule has 0 spiro atoms. The molecule has 44 heavy (non-hydrogen) atoms. The van der Waals surface area contributed by atoms with Gasteiger partial charge in [0, 0.05) is 29.8 Å². The van der Waals surface area contributed by atoms with Crippen LogP contribution < -0.4 is 4.90 Å². The van der Waals surface area contributed by atoms with Crippen LogP contribution in [0.25, 0.3) is 0 Å². The molecule has 2 aromatic carbocycles. The molecule has 0 unspecified atom stereocenters. The van der Waals surface area contributed by atoms with Crippen molar-refractivity contribution in [3.8, 4) is 0 Å². The van der Waals surface area contributed by atoms with Crippen LogP contribution in [0.3, 0.4) is 0 Å². The molecule has 8 nitrogen and oxygen atoms in total. The summed E-state index contributed by atoms with van der Waals surface area (Å²) in [7, 11) is 0. The molecule has 2 aromatic rings. The van der Waals surface area contributed by atoms with Crippen molar-refractivity contribution in [2.45, 2.75) is 110 Å². The number of rotatable bonds is 5. The minimum Gasteiger partial charge on any atom is -0.443 e. The van der Waals surface area contributed by atoms with Crippen LogP contribution in [0.1, 0.15) is 104 Å². The molecule has 2 fully saturated rings. The van der Waals surface area contributed by atoms with Crippen molar-refractivity contribution in [3.05, 3.63) is 64.1 Å². The van der Waals surface area contributed by atoms with Gasteiger partial charge in [0.2, 0.25) is 5.91 Å². The first-order valence-electron chi connectivity index (χ1n) is 15.6. The fraction of sp³-hybridized carbons (Fsp3) is 0.571. The Morgan fingerprint density at radius 1 is 0.750 bits per heavy atom. The van der Waals surface area contributed by atoms with Crippen molar-refractivity contribution in [1.82, 2.24) is 9.80 Å². The third kappa shape index (κ3) is 7.95. The smallest absolute Gasteiger partial charge is 0.420 e. The Labute approximate surface area is 271 Å². The molecule has 2 aliphatic rings. The van der Waals surface area contributed by atoms with Gasteiger partial charge in [0.05, 0.1) is 6.04 Å². The molecular weight excluding hydrogens is 622 g/mol. The van der Waals surface area contributed by atoms with Crippen molar-refractivity contribution in [1.29, 1.82) is 0 Å². The summed E-state index contributed by atoms with van der Waals surface area (Å²) in [6, 6.07) is 17.6. The largest absolute Gasteiger partial charge is 0.443 e. The number of anilines is 1. The summed E-state index contributed by atoms with van der Waals surface area (Å²) in [5.41, 5.74) is 0.719. The van der Waals surface area contributed by atoms with Gasteiger partial charge in [0.25, 0.3) is 0 Å². The third-order valence-corrected chi connectivity index (χ3v) is 8.75. The summed E-state index contributed by atoms with van der Waals surface area (Å²) in [5.74, 6) is -0.00305. The van der Waals surface area contributed by atoms with Crippen molar-refractivity contribution in [2.75, 3.05) is 24.5 Å². The zero-order valence-corrected chi connectivity index (χ0v) is 29.1. The second kappa shape index (κ2) is 13.1. The molecule has 1 atom stereocenters. The van der Waals surface area contributed by atoms with Crippen LogP contribution in [0.5, 0.6) is 0 Å². The highest BCUT2D eigenvalue weighted by atomic mass is 79.9. The van der Waals surface area contributed by atoms with Gasteiger partial charge in [-0.15, -0.1) is 0 Å². The Bertz CT molecular complexity index is 1310. The van der Waals surface area contributed by atoms with Gasteiger partial charge >= 0.3 is 12.2 Å². The number of likely N-dealkylation sites (tertiary alicyclic amines) is 1. The molecule has 2 heterocycles. The van der Waals surface area contributed by atoms with Crippen LogP contribution in [0.15, 0.2) is 53.0 Å². The number of ether oxygens (including phenoxy) is 2. The lowest BCUT2D eigenvalue weighted by atomic mass is 9.83. The Morgan fingerprint density at radius 3 is 1.80 bits per heavy atom. The molecule has 0 N–H and O–H groups in total. The van der Waals surface area contributed by atoms with E-state index in [1.54, 1.807) is 60.3 Å². The van der Waals surface area contributed by atoms with Gasteiger partial charge in [-0.05, 0) is 122 Å². The van der Waals surface area contributed by atoms with E-state index in [9.17, 15) is 14.4 Å². The monoisotopic (exact) mass is 669 g/mol. The number of halogens is 1. The molecule has 0 aliphatic carbocycles. The second-order valence-corrected chi connectivity index (χ2v) is 15.3. The van der Waals surface area contributed by atoms with Gasteiger partial charge in [-0.3, -0.25) is 4.79 Å². The van der Waals surface area contributed by atoms with Crippen LogP contribution in [0.4, 0.5) is 15.3 Å². The van der Waals surface area contributed by atoms with E-state index < -0.39 is 28.9 Å². The maximum absolute atomic E-state index is 14.0. The van der Waals surface area contributed by atoms with E-state index in [-0.39, 0.29) is 5.91 Å². The first kappa shape index (κ1) is 33.8. The molecule has 0 aromatic heterocycles. The van der Waals surface area contributed by atoms with E-state index in [4.69, 9.17) is 9.47 Å². The Hall–Kier alpha value is -3.07. The van der Waals surface area contributed by atoms with E-state index in [0.29, 0.717) is 25.0 Å². The van der Waals surface area contributed by atoms with Crippen molar-refractivity contribution >= 4 is 39.7 Å². The van der Waals surface area contributed by atoms with E-state index in [1.165, 1.54) is 16.8 Å². The highest BCUT2D eigenvalue weighted by Gasteiger charge is 2.48. The lowest BCUT2D eigenvalue weighted by Gasteiger charge is -2.42. The maximum atomic E-state index is 14.0. The number of carbonyl (C=O) groups is 3. The highest BCUT2D eigenvalue weighted by Crippen LogP contribution is 2.41. The molecule has 2 saturated heterocycles. The summed E-state index contributed by atoms with van der Waals surface area (Å²) in [6.07, 6.45) is 2.03. The number of imide groups is 1. The van der Waals surface area contributed by atoms with E-state index in [2.05, 4.69) is 69.4 Å². The third-order valence-electron chi connectivity index (χ3n) is 8.22. The predicted octanol–water partition coefficient (Wildman–Crippen LogP) is 8.45. The zero-order chi connectivity index (χ0) is 32.4. The van der Waals surface area contributed by atoms with Gasteiger partial charge in [-0.2, -0.15) is 4.90 Å². The lowest BCUT2D eigenvalue weighted by molar-refractivity contribution is -0.143. The summed E-state index contributed by atoms with van der Waals surface area (Å²) in [4.78, 5) is 45.7. The summed E-state index contributed by atoms with van der Waals surface area (Å²) in [6.45, 7) is 15.6. The summed E-state index contributed by atoms with van der Waals surface area (Å²) in [5, 5.41) is 0. The number of carbonyl (C=O) groups excluding carboxylic acids is 3. The zero-order valence-electron chi connectivity index (χ0n) is 27.5. The molecule has 4 rings (SSSR count). The molecule has 0 saturated carbocycles. The molecule has 240 valence electrons. The first-order chi connectivity index (χ1) is 20.5. The van der Waals surface area contributed by atoms with E-state index in [1.807, 2.05) is 0 Å². The van der Waals surface area contributed by atoms with Gasteiger partial charge in [0.15, 0.2) is 0 Å². The fourth-order valence-electron chi connectivity index (χ4n) is 6.24. The number of nitrogens with zero attached hydrogens (tertiary/aromatic N) is 3. The number of piperidine rings is 1. The quantitative estimate of drug-likeness (QED) is 0.318. The van der Waals surface area contributed by atoms with Crippen LogP contribution in [0.2, 0.25) is 0 Å². The minimum absolute atomic E-state index is 0.304. The fourth-order valence-corrected chi connectivity index (χ4v) is 6.50. The standard InChI is InChI=1S/C35H48BrN3O5/c1-33(2,3)43-31(41)39(32(42)44-34(4,5)6)35(7,8)30(40)37-22-19-24(20-23-37)27-12-9-10-13-28(27)29-14-11-21-38(29)26-17-15-25(36)16-18-26/h9-10,12-13,15-18,24,29H,11,14,19-23H2,1-8H3/t29-/m1/s1. The first-order valence-corrected chi connectivity index (χ1v) is 16.4. The average Bonchev–Trinajstić information content (AvgIpc) is 3.41. The summed E-state index contributed by atoms with van der Waals surface area (Å²) >= 11 is 3.55. The van der Waals surface area contributed by atoms with Crippen LogP contribution in [0, 0.1) is 0 Å². The minimum atomic E-state index is -1.51. The summed E-state index contributed by atoms with van der Waals surface area (Å²) < 4.78 is 12.2. The normalized spacial score (nSPS) is 18.2. The molecule has 0 radical (unpaired) electrons. The van der Waals surface area contributed by atoms with Gasteiger partial charge in [0.1, 0.15) is 16.7 Å². The molecule has 0 bridgehead atoms. The van der Waals surface area contributed by atoms with E-state index in [0.717, 1.165) is 41.6 Å². The van der Waals surface area contributed by atoms with Gasteiger partial charge in [-0.1, -0.05) is 40.2 Å². The second-order valence-electron chi connectivity index (χ2n) is 14.4. The number of amides is 3. The Morgan fingerprint density at radius 2 is 1.27 bits per heavy atom. The maximum Gasteiger partial charge on any atom is 0.420 e. The van der Waals surface area contributed by atoms with Crippen molar-refractivity contribution in [3.63, 3.8) is 0 Å². The average molecular weight is 671 g/mol. The Kier molecular flexibility index (Phi) is 10.1. The molecule has 2 aliphatic heterocycles. The Balaban J connectivity index is 1.51.